The number of fused-ring (bicyclic) bond motifs is 1. The average molecular weight is 546 g/mol. The summed E-state index contributed by atoms with van der Waals surface area (Å²) in [6.07, 6.45) is -1.82. The number of halogens is 3. The molecule has 0 fully saturated rings. The topological polar surface area (TPSA) is 103 Å². The molecule has 3 heterocycles. The molecule has 0 aliphatic carbocycles. The summed E-state index contributed by atoms with van der Waals surface area (Å²) >= 11 is 0. The Labute approximate surface area is 216 Å². The van der Waals surface area contributed by atoms with Gasteiger partial charge in [-0.25, -0.2) is 12.4 Å². The molecule has 0 unspecified atom stereocenters. The molecular weight excluding hydrogens is 523 g/mol. The van der Waals surface area contributed by atoms with Gasteiger partial charge in [0.2, 0.25) is 0 Å². The molecule has 12 heteroatoms. The summed E-state index contributed by atoms with van der Waals surface area (Å²) in [5.41, 5.74) is 3.54. The van der Waals surface area contributed by atoms with Gasteiger partial charge in [-0.2, -0.15) is 5.26 Å². The van der Waals surface area contributed by atoms with Crippen LogP contribution in [0, 0.1) is 18.3 Å². The zero-order valence-corrected chi connectivity index (χ0v) is 21.1. The molecule has 0 N–H and O–H groups in total. The second-order valence-electron chi connectivity index (χ2n) is 8.31. The molecule has 4 aromatic rings. The molecule has 3 aromatic heterocycles. The third kappa shape index (κ3) is 5.38. The van der Waals surface area contributed by atoms with Crippen LogP contribution in [0.2, 0.25) is 0 Å². The van der Waals surface area contributed by atoms with Crippen molar-refractivity contribution in [1.82, 2.24) is 8.37 Å². The summed E-state index contributed by atoms with van der Waals surface area (Å²) in [6.45, 7) is 3.74. The predicted octanol–water partition coefficient (Wildman–Crippen LogP) is 4.75. The number of hydrogen-bond donors (Lipinski definition) is 0. The van der Waals surface area contributed by atoms with Gasteiger partial charge in [-0.1, -0.05) is 0 Å². The summed E-state index contributed by atoms with van der Waals surface area (Å²) in [7, 11) is -4.16. The number of nitrogens with zero attached hydrogens (tertiary/aromatic N) is 3. The third-order valence-corrected chi connectivity index (χ3v) is 7.69. The lowest BCUT2D eigenvalue weighted by molar-refractivity contribution is -0.274. The van der Waals surface area contributed by atoms with Gasteiger partial charge in [0.25, 0.3) is 10.0 Å². The minimum absolute atomic E-state index is 0.000724. The fourth-order valence-corrected chi connectivity index (χ4v) is 5.62. The van der Waals surface area contributed by atoms with Gasteiger partial charge in [-0.05, 0) is 73.5 Å². The zero-order chi connectivity index (χ0) is 27.7. The van der Waals surface area contributed by atoms with E-state index in [2.05, 4.69) is 10.8 Å². The number of carbonyl (C=O) groups excluding carboxylic acids is 1. The van der Waals surface area contributed by atoms with Crippen LogP contribution >= 0.6 is 0 Å². The van der Waals surface area contributed by atoms with Crippen molar-refractivity contribution in [2.24, 2.45) is 0 Å². The summed E-state index contributed by atoms with van der Waals surface area (Å²) in [5, 5.41) is 9.40. The number of carbonyl (C=O) groups is 1. The molecule has 0 aliphatic heterocycles. The number of hydrogen-bond acceptors (Lipinski definition) is 6. The van der Waals surface area contributed by atoms with E-state index in [4.69, 9.17) is 4.74 Å². The highest BCUT2D eigenvalue weighted by Crippen LogP contribution is 2.29. The van der Waals surface area contributed by atoms with E-state index in [1.54, 1.807) is 41.8 Å². The molecule has 198 valence electrons. The summed E-state index contributed by atoms with van der Waals surface area (Å²) in [4.78, 5) is 12.0. The normalized spacial score (nSPS) is 11.9. The lowest BCUT2D eigenvalue weighted by atomic mass is 10.1. The number of benzene rings is 1. The van der Waals surface area contributed by atoms with Crippen molar-refractivity contribution in [2.75, 3.05) is 6.61 Å². The molecule has 4 rings (SSSR count). The summed E-state index contributed by atoms with van der Waals surface area (Å²) in [6, 6.07) is 12.5. The highest BCUT2D eigenvalue weighted by atomic mass is 32.2. The van der Waals surface area contributed by atoms with Gasteiger partial charge >= 0.3 is 12.3 Å². The standard InChI is InChI=1S/C26H22F3N3O5S/c1-3-36-25(33)14-22-17(2)24(31-16-18(15-30)6-11-23(22)31)13-19-5-4-12-32(19)38(34,35)21-9-7-20(8-10-21)37-26(27,28)29/h4-12,16H,3,13-14H2,1-2H3. The predicted molar refractivity (Wildman–Crippen MR) is 130 cm³/mol. The lowest BCUT2D eigenvalue weighted by Crippen LogP contribution is -2.18. The third-order valence-electron chi connectivity index (χ3n) is 5.95. The molecular formula is C26H22F3N3O5S. The van der Waals surface area contributed by atoms with Crippen molar-refractivity contribution in [3.63, 3.8) is 0 Å². The Hall–Kier alpha value is -4.24. The van der Waals surface area contributed by atoms with Gasteiger partial charge < -0.3 is 13.9 Å². The van der Waals surface area contributed by atoms with Crippen LogP contribution < -0.4 is 4.74 Å². The molecule has 1 aromatic carbocycles. The Morgan fingerprint density at radius 2 is 1.82 bits per heavy atom. The van der Waals surface area contributed by atoms with E-state index in [0.29, 0.717) is 28.0 Å². The van der Waals surface area contributed by atoms with Crippen LogP contribution in [0.5, 0.6) is 5.75 Å². The Morgan fingerprint density at radius 1 is 1.11 bits per heavy atom. The highest BCUT2D eigenvalue weighted by Gasteiger charge is 2.31. The number of alkyl halides is 3. The van der Waals surface area contributed by atoms with Crippen LogP contribution in [-0.4, -0.2) is 35.7 Å². The summed E-state index contributed by atoms with van der Waals surface area (Å²) < 4.78 is 75.9. The van der Waals surface area contributed by atoms with E-state index >= 15 is 0 Å². The molecule has 0 atom stereocenters. The van der Waals surface area contributed by atoms with E-state index in [1.165, 1.54) is 6.20 Å². The van der Waals surface area contributed by atoms with E-state index < -0.39 is 28.1 Å². The zero-order valence-electron chi connectivity index (χ0n) is 20.3. The van der Waals surface area contributed by atoms with Gasteiger partial charge in [-0.15, -0.1) is 13.2 Å². The maximum Gasteiger partial charge on any atom is 0.573 e. The molecule has 8 nitrogen and oxygen atoms in total. The van der Waals surface area contributed by atoms with Crippen molar-refractivity contribution >= 4 is 21.5 Å². The largest absolute Gasteiger partial charge is 0.573 e. The van der Waals surface area contributed by atoms with Gasteiger partial charge in [0.1, 0.15) is 11.8 Å². The van der Waals surface area contributed by atoms with Crippen LogP contribution in [0.4, 0.5) is 13.2 Å². The molecule has 0 saturated carbocycles. The molecule has 0 spiro atoms. The number of rotatable bonds is 8. The van der Waals surface area contributed by atoms with Gasteiger partial charge in [0, 0.05) is 35.7 Å². The van der Waals surface area contributed by atoms with E-state index in [9.17, 15) is 31.6 Å². The van der Waals surface area contributed by atoms with E-state index in [0.717, 1.165) is 33.8 Å². The quantitative estimate of drug-likeness (QED) is 0.296. The first-order valence-corrected chi connectivity index (χ1v) is 12.8. The lowest BCUT2D eigenvalue weighted by Gasteiger charge is -2.13. The smallest absolute Gasteiger partial charge is 0.466 e. The van der Waals surface area contributed by atoms with Crippen molar-refractivity contribution in [2.45, 2.75) is 37.9 Å². The Kier molecular flexibility index (Phi) is 7.24. The van der Waals surface area contributed by atoms with Crippen LogP contribution in [0.1, 0.15) is 35.0 Å². The molecule has 0 amide bonds. The number of aromatic nitrogens is 2. The van der Waals surface area contributed by atoms with Gasteiger partial charge in [0.15, 0.2) is 0 Å². The van der Waals surface area contributed by atoms with Crippen LogP contribution in [0.25, 0.3) is 5.52 Å². The SMILES string of the molecule is CCOC(=O)Cc1c(C)c(Cc2cccn2S(=O)(=O)c2ccc(OC(F)(F)F)cc2)n2cc(C#N)ccc12. The maximum absolute atomic E-state index is 13.4. The first-order valence-electron chi connectivity index (χ1n) is 11.4. The van der Waals surface area contributed by atoms with Crippen molar-refractivity contribution in [3.8, 4) is 11.8 Å². The first-order chi connectivity index (χ1) is 17.9. The van der Waals surface area contributed by atoms with Crippen LogP contribution in [0.3, 0.4) is 0 Å². The summed E-state index contributed by atoms with van der Waals surface area (Å²) in [5.74, 6) is -0.954. The van der Waals surface area contributed by atoms with Crippen molar-refractivity contribution in [1.29, 1.82) is 5.26 Å². The van der Waals surface area contributed by atoms with Crippen LogP contribution in [0.15, 0.2) is 65.8 Å². The second-order valence-corrected chi connectivity index (χ2v) is 10.1. The Morgan fingerprint density at radius 3 is 2.45 bits per heavy atom. The minimum Gasteiger partial charge on any atom is -0.466 e. The van der Waals surface area contributed by atoms with Crippen molar-refractivity contribution in [3.05, 3.63) is 89.0 Å². The molecule has 38 heavy (non-hydrogen) atoms. The number of pyridine rings is 1. The number of esters is 1. The fourth-order valence-electron chi connectivity index (χ4n) is 4.25. The van der Waals surface area contributed by atoms with Gasteiger partial charge in [-0.3, -0.25) is 4.79 Å². The van der Waals surface area contributed by atoms with Crippen LogP contribution in [-0.2, 0) is 32.4 Å². The first kappa shape index (κ1) is 26.8. The minimum atomic E-state index is -4.90. The Balaban J connectivity index is 1.74. The van der Waals surface area contributed by atoms with Crippen molar-refractivity contribution < 1.29 is 35.9 Å². The molecule has 0 saturated heterocycles. The fraction of sp³-hybridized carbons (Fsp3) is 0.231. The van der Waals surface area contributed by atoms with E-state index in [1.807, 2.05) is 6.92 Å². The van der Waals surface area contributed by atoms with E-state index in [-0.39, 0.29) is 24.3 Å². The average Bonchev–Trinajstić information content (AvgIpc) is 3.43. The number of ether oxygens (including phenoxy) is 2. The molecule has 0 bridgehead atoms. The maximum atomic E-state index is 13.4. The number of nitriles is 1. The monoisotopic (exact) mass is 545 g/mol. The second kappa shape index (κ2) is 10.3. The van der Waals surface area contributed by atoms with Gasteiger partial charge in [0.05, 0.1) is 23.5 Å². The Bertz CT molecular complexity index is 1650. The highest BCUT2D eigenvalue weighted by molar-refractivity contribution is 7.90. The molecule has 0 radical (unpaired) electrons. The molecule has 0 aliphatic rings.